The molecule has 1 heterocycles. The number of carboxylic acid groups (broad SMARTS) is 1. The van der Waals surface area contributed by atoms with E-state index in [4.69, 9.17) is 4.74 Å². The average molecular weight is 398 g/mol. The Morgan fingerprint density at radius 3 is 2.46 bits per heavy atom. The number of aryl methyl sites for hydroxylation is 1. The maximum Gasteiger partial charge on any atom is 0.407 e. The first-order chi connectivity index (χ1) is 12.8. The first-order valence-electron chi connectivity index (χ1n) is 8.61. The summed E-state index contributed by atoms with van der Waals surface area (Å²) in [5.41, 5.74) is -1.81. The third-order valence-corrected chi connectivity index (χ3v) is 3.66. The van der Waals surface area contributed by atoms with Gasteiger partial charge in [0.2, 0.25) is 5.91 Å². The molecule has 1 rings (SSSR count). The molecule has 0 bridgehead atoms. The summed E-state index contributed by atoms with van der Waals surface area (Å²) >= 11 is 0. The third-order valence-electron chi connectivity index (χ3n) is 3.66. The van der Waals surface area contributed by atoms with Gasteiger partial charge in [-0.15, -0.1) is 0 Å². The number of nitrogens with zero attached hydrogens (tertiary/aromatic N) is 2. The molecule has 2 amide bonds. The zero-order valence-electron chi connectivity index (χ0n) is 16.6. The van der Waals surface area contributed by atoms with Crippen molar-refractivity contribution in [2.24, 2.45) is 0 Å². The first-order valence-corrected chi connectivity index (χ1v) is 8.61. The lowest BCUT2D eigenvalue weighted by atomic mass is 10.2. The van der Waals surface area contributed by atoms with Crippen molar-refractivity contribution in [3.63, 3.8) is 0 Å². The van der Waals surface area contributed by atoms with E-state index < -0.39 is 47.4 Å². The van der Waals surface area contributed by atoms with E-state index in [2.05, 4.69) is 10.3 Å². The fourth-order valence-electron chi connectivity index (χ4n) is 2.23. The van der Waals surface area contributed by atoms with Crippen LogP contribution in [0.2, 0.25) is 0 Å². The van der Waals surface area contributed by atoms with E-state index in [1.54, 1.807) is 20.8 Å². The van der Waals surface area contributed by atoms with Gasteiger partial charge in [-0.1, -0.05) is 0 Å². The molecule has 0 aliphatic rings. The number of aromatic nitrogens is 2. The van der Waals surface area contributed by atoms with Crippen LogP contribution >= 0.6 is 0 Å². The summed E-state index contributed by atoms with van der Waals surface area (Å²) in [6.07, 6.45) is 0.525. The Balaban J connectivity index is 2.87. The van der Waals surface area contributed by atoms with Crippen LogP contribution in [0.3, 0.4) is 0 Å². The van der Waals surface area contributed by atoms with Gasteiger partial charge in [-0.2, -0.15) is 0 Å². The number of hydrogen-bond donors (Lipinski definition) is 3. The molecule has 0 fully saturated rings. The minimum absolute atomic E-state index is 0.0438. The first kappa shape index (κ1) is 22.9. The molecule has 0 aromatic carbocycles. The van der Waals surface area contributed by atoms with Gasteiger partial charge in [-0.05, 0) is 34.6 Å². The smallest absolute Gasteiger partial charge is 0.407 e. The number of alkyl carbamates (subject to hydrolysis) is 1. The number of aromatic amines is 1. The number of hydrogen-bond acceptors (Lipinski definition) is 6. The zero-order chi connectivity index (χ0) is 21.6. The van der Waals surface area contributed by atoms with Crippen molar-refractivity contribution in [2.45, 2.75) is 52.8 Å². The highest BCUT2D eigenvalue weighted by Gasteiger charge is 2.26. The van der Waals surface area contributed by atoms with Crippen molar-refractivity contribution in [3.05, 3.63) is 32.6 Å². The number of H-pyrrole nitrogens is 1. The van der Waals surface area contributed by atoms with Gasteiger partial charge < -0.3 is 20.1 Å². The lowest BCUT2D eigenvalue weighted by molar-refractivity contribution is -0.149. The predicted octanol–water partition coefficient (Wildman–Crippen LogP) is -0.329. The fourth-order valence-corrected chi connectivity index (χ4v) is 2.23. The van der Waals surface area contributed by atoms with Crippen LogP contribution in [0.1, 0.15) is 33.3 Å². The van der Waals surface area contributed by atoms with E-state index in [0.29, 0.717) is 0 Å². The molecule has 0 aliphatic carbocycles. The number of rotatable bonds is 7. The van der Waals surface area contributed by atoms with E-state index in [-0.39, 0.29) is 18.7 Å². The number of aliphatic carboxylic acids is 1. The molecule has 3 N–H and O–H groups in total. The largest absolute Gasteiger partial charge is 0.480 e. The van der Waals surface area contributed by atoms with Gasteiger partial charge in [0.05, 0.1) is 0 Å². The number of carboxylic acids is 1. The average Bonchev–Trinajstić information content (AvgIpc) is 2.54. The molecule has 1 atom stereocenters. The SMILES string of the molecule is Cc1cn(CC(=O)N(CCNC(=O)OC(C)(C)C)[C@H](C)C(=O)O)c(=O)[nH]c1=O. The van der Waals surface area contributed by atoms with Crippen LogP contribution in [0.4, 0.5) is 4.79 Å². The summed E-state index contributed by atoms with van der Waals surface area (Å²) in [7, 11) is 0. The number of amides is 2. The van der Waals surface area contributed by atoms with E-state index in [0.717, 1.165) is 9.47 Å². The number of nitrogens with one attached hydrogen (secondary N) is 2. The lowest BCUT2D eigenvalue weighted by Gasteiger charge is -2.27. The lowest BCUT2D eigenvalue weighted by Crippen LogP contribution is -2.49. The van der Waals surface area contributed by atoms with Gasteiger partial charge in [0, 0.05) is 24.8 Å². The van der Waals surface area contributed by atoms with Crippen molar-refractivity contribution in [2.75, 3.05) is 13.1 Å². The molecular weight excluding hydrogens is 372 g/mol. The standard InChI is InChI=1S/C17H26N4O7/c1-10-8-20(15(26)19-13(10)23)9-12(22)21(11(2)14(24)25)7-6-18-16(27)28-17(3,4)5/h8,11H,6-7,9H2,1-5H3,(H,18,27)(H,24,25)(H,19,23,26)/t11-/m1/s1. The number of carbonyl (C=O) groups is 3. The van der Waals surface area contributed by atoms with Gasteiger partial charge in [-0.3, -0.25) is 19.1 Å². The molecule has 28 heavy (non-hydrogen) atoms. The van der Waals surface area contributed by atoms with Crippen LogP contribution < -0.4 is 16.6 Å². The van der Waals surface area contributed by atoms with Gasteiger partial charge in [0.15, 0.2) is 0 Å². The highest BCUT2D eigenvalue weighted by molar-refractivity contribution is 5.83. The summed E-state index contributed by atoms with van der Waals surface area (Å²) in [6, 6.07) is -1.19. The zero-order valence-corrected chi connectivity index (χ0v) is 16.6. The van der Waals surface area contributed by atoms with Gasteiger partial charge in [0.1, 0.15) is 18.2 Å². The summed E-state index contributed by atoms with van der Waals surface area (Å²) in [5.74, 6) is -1.90. The maximum atomic E-state index is 12.6. The van der Waals surface area contributed by atoms with Gasteiger partial charge in [0.25, 0.3) is 5.56 Å². The van der Waals surface area contributed by atoms with Crippen molar-refractivity contribution < 1.29 is 24.2 Å². The van der Waals surface area contributed by atoms with E-state index >= 15 is 0 Å². The van der Waals surface area contributed by atoms with Crippen LogP contribution in [-0.4, -0.2) is 62.3 Å². The predicted molar refractivity (Wildman–Crippen MR) is 99.1 cm³/mol. The molecule has 0 spiro atoms. The second-order valence-corrected chi connectivity index (χ2v) is 7.23. The fraction of sp³-hybridized carbons (Fsp3) is 0.588. The van der Waals surface area contributed by atoms with Crippen LogP contribution in [0.25, 0.3) is 0 Å². The minimum atomic E-state index is -1.24. The molecular formula is C17H26N4O7. The highest BCUT2D eigenvalue weighted by atomic mass is 16.6. The molecule has 156 valence electrons. The van der Waals surface area contributed by atoms with Gasteiger partial charge >= 0.3 is 17.8 Å². The third kappa shape index (κ3) is 6.89. The van der Waals surface area contributed by atoms with Crippen molar-refractivity contribution >= 4 is 18.0 Å². The Labute approximate surface area is 161 Å². The maximum absolute atomic E-state index is 12.6. The Morgan fingerprint density at radius 1 is 1.32 bits per heavy atom. The van der Waals surface area contributed by atoms with Crippen LogP contribution in [-0.2, 0) is 20.9 Å². The highest BCUT2D eigenvalue weighted by Crippen LogP contribution is 2.06. The molecule has 1 aromatic heterocycles. The molecule has 11 nitrogen and oxygen atoms in total. The molecule has 11 heteroatoms. The summed E-state index contributed by atoms with van der Waals surface area (Å²) in [5, 5.41) is 11.7. The molecule has 0 saturated carbocycles. The molecule has 0 aliphatic heterocycles. The van der Waals surface area contributed by atoms with Crippen LogP contribution in [0.15, 0.2) is 15.8 Å². The molecule has 0 saturated heterocycles. The Hall–Kier alpha value is -3.11. The molecule has 0 unspecified atom stereocenters. The quantitative estimate of drug-likeness (QED) is 0.569. The monoisotopic (exact) mass is 398 g/mol. The molecule has 1 aromatic rings. The normalized spacial score (nSPS) is 12.2. The minimum Gasteiger partial charge on any atom is -0.480 e. The summed E-state index contributed by atoms with van der Waals surface area (Å²) in [4.78, 5) is 61.9. The topological polar surface area (TPSA) is 151 Å². The Morgan fingerprint density at radius 2 is 1.93 bits per heavy atom. The summed E-state index contributed by atoms with van der Waals surface area (Å²) in [6.45, 7) is 7.26. The second kappa shape index (κ2) is 9.20. The Bertz CT molecular complexity index is 850. The van der Waals surface area contributed by atoms with Crippen molar-refractivity contribution in [1.82, 2.24) is 19.8 Å². The van der Waals surface area contributed by atoms with Crippen LogP contribution in [0, 0.1) is 6.92 Å². The number of ether oxygens (including phenoxy) is 1. The number of carbonyl (C=O) groups excluding carboxylic acids is 2. The Kier molecular flexibility index (Phi) is 7.53. The van der Waals surface area contributed by atoms with Crippen molar-refractivity contribution in [1.29, 1.82) is 0 Å². The van der Waals surface area contributed by atoms with E-state index in [1.165, 1.54) is 20.0 Å². The molecule has 0 radical (unpaired) electrons. The van der Waals surface area contributed by atoms with Gasteiger partial charge in [-0.25, -0.2) is 14.4 Å². The van der Waals surface area contributed by atoms with E-state index in [9.17, 15) is 29.1 Å². The second-order valence-electron chi connectivity index (χ2n) is 7.23. The summed E-state index contributed by atoms with van der Waals surface area (Å²) < 4.78 is 6.06. The van der Waals surface area contributed by atoms with Crippen molar-refractivity contribution in [3.8, 4) is 0 Å². The van der Waals surface area contributed by atoms with E-state index in [1.807, 2.05) is 0 Å². The van der Waals surface area contributed by atoms with Crippen LogP contribution in [0.5, 0.6) is 0 Å².